The number of benzene rings is 1. The standard InChI is InChI=1S/C18H27N3O.2ClH/c1-15(22)20-12-8-16(9-13-20)19-17-6-5-7-18(14-17)21-10-3-2-4-11-21;;/h5-7,14,16,19H,2-4,8-13H2,1H3;2*1H. The fourth-order valence-corrected chi connectivity index (χ4v) is 3.52. The molecule has 6 heteroatoms. The Hall–Kier alpha value is -1.13. The Kier molecular flexibility index (Phi) is 8.71. The average Bonchev–Trinajstić information content (AvgIpc) is 2.56. The van der Waals surface area contributed by atoms with Crippen LogP contribution in [0.4, 0.5) is 11.4 Å². The number of rotatable bonds is 3. The Balaban J connectivity index is 0.00000144. The van der Waals surface area contributed by atoms with E-state index in [-0.39, 0.29) is 30.7 Å². The van der Waals surface area contributed by atoms with Crippen molar-refractivity contribution >= 4 is 42.1 Å². The lowest BCUT2D eigenvalue weighted by Gasteiger charge is -2.33. The van der Waals surface area contributed by atoms with Crippen molar-refractivity contribution in [2.24, 2.45) is 0 Å². The molecule has 3 rings (SSSR count). The third kappa shape index (κ3) is 5.45. The second kappa shape index (κ2) is 10.00. The highest BCUT2D eigenvalue weighted by Crippen LogP contribution is 2.24. The van der Waals surface area contributed by atoms with E-state index < -0.39 is 0 Å². The van der Waals surface area contributed by atoms with Gasteiger partial charge in [-0.05, 0) is 50.3 Å². The molecule has 0 unspecified atom stereocenters. The zero-order chi connectivity index (χ0) is 15.4. The maximum absolute atomic E-state index is 11.4. The quantitative estimate of drug-likeness (QED) is 0.871. The molecule has 0 bridgehead atoms. The summed E-state index contributed by atoms with van der Waals surface area (Å²) in [6.07, 6.45) is 6.05. The molecule has 2 fully saturated rings. The van der Waals surface area contributed by atoms with E-state index in [1.54, 1.807) is 6.92 Å². The Bertz CT molecular complexity index is 513. The minimum Gasteiger partial charge on any atom is -0.382 e. The number of nitrogens with one attached hydrogen (secondary N) is 1. The maximum atomic E-state index is 11.4. The molecule has 2 aliphatic rings. The SMILES string of the molecule is CC(=O)N1CCC(Nc2cccc(N3CCCCC3)c2)CC1.Cl.Cl. The van der Waals surface area contributed by atoms with Crippen molar-refractivity contribution in [3.63, 3.8) is 0 Å². The molecule has 1 aromatic rings. The van der Waals surface area contributed by atoms with Crippen LogP contribution in [-0.4, -0.2) is 43.0 Å². The van der Waals surface area contributed by atoms with Crippen LogP contribution in [0.3, 0.4) is 0 Å². The molecule has 1 N–H and O–H groups in total. The molecule has 0 saturated carbocycles. The first-order valence-electron chi connectivity index (χ1n) is 8.59. The Labute approximate surface area is 157 Å². The van der Waals surface area contributed by atoms with Crippen molar-refractivity contribution in [2.45, 2.75) is 45.1 Å². The zero-order valence-corrected chi connectivity index (χ0v) is 16.0. The van der Waals surface area contributed by atoms with E-state index in [1.165, 1.54) is 43.7 Å². The molecule has 1 amide bonds. The smallest absolute Gasteiger partial charge is 0.219 e. The van der Waals surface area contributed by atoms with Crippen LogP contribution in [0.25, 0.3) is 0 Å². The highest BCUT2D eigenvalue weighted by Gasteiger charge is 2.20. The van der Waals surface area contributed by atoms with Gasteiger partial charge in [-0.3, -0.25) is 4.79 Å². The summed E-state index contributed by atoms with van der Waals surface area (Å²) in [6.45, 7) is 5.77. The first-order chi connectivity index (χ1) is 10.7. The normalized spacial score (nSPS) is 18.4. The van der Waals surface area contributed by atoms with Gasteiger partial charge in [0.25, 0.3) is 0 Å². The van der Waals surface area contributed by atoms with Crippen molar-refractivity contribution in [1.82, 2.24) is 4.90 Å². The highest BCUT2D eigenvalue weighted by atomic mass is 35.5. The third-order valence-electron chi connectivity index (χ3n) is 4.88. The molecular weight excluding hydrogens is 345 g/mol. The van der Waals surface area contributed by atoms with Gasteiger partial charge in [-0.25, -0.2) is 0 Å². The second-order valence-corrected chi connectivity index (χ2v) is 6.52. The largest absolute Gasteiger partial charge is 0.382 e. The number of nitrogens with zero attached hydrogens (tertiary/aromatic N) is 2. The van der Waals surface area contributed by atoms with Crippen LogP contribution in [0, 0.1) is 0 Å². The van der Waals surface area contributed by atoms with Gasteiger partial charge < -0.3 is 15.1 Å². The molecule has 136 valence electrons. The van der Waals surface area contributed by atoms with E-state index in [9.17, 15) is 4.79 Å². The van der Waals surface area contributed by atoms with Crippen LogP contribution in [0.1, 0.15) is 39.0 Å². The predicted octanol–water partition coefficient (Wildman–Crippen LogP) is 3.94. The molecular formula is C18H29Cl2N3O. The Morgan fingerprint density at radius 3 is 2.33 bits per heavy atom. The van der Waals surface area contributed by atoms with Gasteiger partial charge in [0.2, 0.25) is 5.91 Å². The minimum absolute atomic E-state index is 0. The fraction of sp³-hybridized carbons (Fsp3) is 0.611. The number of hydrogen-bond acceptors (Lipinski definition) is 3. The monoisotopic (exact) mass is 373 g/mol. The summed E-state index contributed by atoms with van der Waals surface area (Å²) in [6, 6.07) is 9.28. The van der Waals surface area contributed by atoms with Crippen molar-refractivity contribution in [2.75, 3.05) is 36.4 Å². The molecule has 24 heavy (non-hydrogen) atoms. The van der Waals surface area contributed by atoms with Gasteiger partial charge in [0.1, 0.15) is 0 Å². The molecule has 0 radical (unpaired) electrons. The Morgan fingerprint density at radius 2 is 1.71 bits per heavy atom. The number of carbonyl (C=O) groups is 1. The van der Waals surface area contributed by atoms with Gasteiger partial charge >= 0.3 is 0 Å². The summed E-state index contributed by atoms with van der Waals surface area (Å²) in [5.41, 5.74) is 2.55. The van der Waals surface area contributed by atoms with Crippen molar-refractivity contribution in [3.05, 3.63) is 24.3 Å². The Morgan fingerprint density at radius 1 is 1.04 bits per heavy atom. The highest BCUT2D eigenvalue weighted by molar-refractivity contribution is 5.85. The average molecular weight is 374 g/mol. The molecule has 0 aromatic heterocycles. The summed E-state index contributed by atoms with van der Waals surface area (Å²) in [5, 5.41) is 3.66. The lowest BCUT2D eigenvalue weighted by atomic mass is 10.0. The molecule has 2 saturated heterocycles. The summed E-state index contributed by atoms with van der Waals surface area (Å²) < 4.78 is 0. The first kappa shape index (κ1) is 20.9. The number of piperidine rings is 2. The van der Waals surface area contributed by atoms with E-state index in [2.05, 4.69) is 34.5 Å². The summed E-state index contributed by atoms with van der Waals surface area (Å²) in [4.78, 5) is 15.8. The maximum Gasteiger partial charge on any atom is 0.219 e. The molecule has 4 nitrogen and oxygen atoms in total. The zero-order valence-electron chi connectivity index (χ0n) is 14.4. The van der Waals surface area contributed by atoms with E-state index >= 15 is 0 Å². The molecule has 1 aromatic carbocycles. The van der Waals surface area contributed by atoms with Crippen LogP contribution in [0.15, 0.2) is 24.3 Å². The van der Waals surface area contributed by atoms with E-state index in [4.69, 9.17) is 0 Å². The van der Waals surface area contributed by atoms with Crippen molar-refractivity contribution in [1.29, 1.82) is 0 Å². The van der Waals surface area contributed by atoms with Crippen LogP contribution >= 0.6 is 24.8 Å². The van der Waals surface area contributed by atoms with Gasteiger partial charge in [-0.15, -0.1) is 24.8 Å². The van der Waals surface area contributed by atoms with E-state index in [1.807, 2.05) is 4.90 Å². The predicted molar refractivity (Wildman–Crippen MR) is 106 cm³/mol. The molecule has 2 heterocycles. The van der Waals surface area contributed by atoms with E-state index in [0.29, 0.717) is 6.04 Å². The topological polar surface area (TPSA) is 35.6 Å². The van der Waals surface area contributed by atoms with Crippen LogP contribution in [-0.2, 0) is 4.79 Å². The summed E-state index contributed by atoms with van der Waals surface area (Å²) in [7, 11) is 0. The van der Waals surface area contributed by atoms with Crippen molar-refractivity contribution in [3.8, 4) is 0 Å². The fourth-order valence-electron chi connectivity index (χ4n) is 3.52. The molecule has 0 atom stereocenters. The summed E-state index contributed by atoms with van der Waals surface area (Å²) in [5.74, 6) is 0.200. The van der Waals surface area contributed by atoms with Gasteiger partial charge in [0.15, 0.2) is 0 Å². The number of anilines is 2. The molecule has 2 aliphatic heterocycles. The van der Waals surface area contributed by atoms with Crippen LogP contribution in [0.2, 0.25) is 0 Å². The van der Waals surface area contributed by atoms with Gasteiger partial charge in [-0.2, -0.15) is 0 Å². The molecule has 0 spiro atoms. The van der Waals surface area contributed by atoms with E-state index in [0.717, 1.165) is 25.9 Å². The number of likely N-dealkylation sites (tertiary alicyclic amines) is 1. The first-order valence-corrected chi connectivity index (χ1v) is 8.59. The number of hydrogen-bond donors (Lipinski definition) is 1. The van der Waals surface area contributed by atoms with Gasteiger partial charge in [0, 0.05) is 50.5 Å². The van der Waals surface area contributed by atoms with Crippen LogP contribution in [0.5, 0.6) is 0 Å². The minimum atomic E-state index is 0. The lowest BCUT2D eigenvalue weighted by Crippen LogP contribution is -2.41. The summed E-state index contributed by atoms with van der Waals surface area (Å²) >= 11 is 0. The van der Waals surface area contributed by atoms with Crippen molar-refractivity contribution < 1.29 is 4.79 Å². The number of carbonyl (C=O) groups excluding carboxylic acids is 1. The third-order valence-corrected chi connectivity index (χ3v) is 4.88. The number of amides is 1. The van der Waals surface area contributed by atoms with Crippen LogP contribution < -0.4 is 10.2 Å². The lowest BCUT2D eigenvalue weighted by molar-refractivity contribution is -0.129. The molecule has 0 aliphatic carbocycles. The number of halogens is 2. The van der Waals surface area contributed by atoms with Gasteiger partial charge in [-0.1, -0.05) is 6.07 Å². The van der Waals surface area contributed by atoms with Gasteiger partial charge in [0.05, 0.1) is 0 Å². The second-order valence-electron chi connectivity index (χ2n) is 6.52.